The molecule has 1 aromatic rings. The normalized spacial score (nSPS) is 18.4. The molecular formula is C18H30N2. The van der Waals surface area contributed by atoms with Crippen LogP contribution in [0, 0.1) is 5.92 Å². The monoisotopic (exact) mass is 274 g/mol. The van der Waals surface area contributed by atoms with E-state index >= 15 is 0 Å². The first kappa shape index (κ1) is 15.4. The zero-order valence-corrected chi connectivity index (χ0v) is 13.4. The first-order chi connectivity index (χ1) is 9.68. The Morgan fingerprint density at radius 2 is 2.05 bits per heavy atom. The summed E-state index contributed by atoms with van der Waals surface area (Å²) in [5.41, 5.74) is 3.00. The van der Waals surface area contributed by atoms with Gasteiger partial charge in [-0.15, -0.1) is 0 Å². The van der Waals surface area contributed by atoms with Gasteiger partial charge < -0.3 is 10.2 Å². The van der Waals surface area contributed by atoms with E-state index in [0.717, 1.165) is 19.0 Å². The third-order valence-corrected chi connectivity index (χ3v) is 4.22. The van der Waals surface area contributed by atoms with E-state index in [2.05, 4.69) is 55.3 Å². The lowest BCUT2D eigenvalue weighted by Gasteiger charge is -2.37. The van der Waals surface area contributed by atoms with Crippen LogP contribution in [0.15, 0.2) is 24.3 Å². The topological polar surface area (TPSA) is 15.3 Å². The molecule has 1 aliphatic rings. The van der Waals surface area contributed by atoms with Crippen LogP contribution < -0.4 is 10.2 Å². The minimum atomic E-state index is 0.688. The molecule has 2 heteroatoms. The predicted molar refractivity (Wildman–Crippen MR) is 88.5 cm³/mol. The van der Waals surface area contributed by atoms with Gasteiger partial charge in [0.05, 0.1) is 0 Å². The summed E-state index contributed by atoms with van der Waals surface area (Å²) in [5, 5.41) is 3.53. The van der Waals surface area contributed by atoms with E-state index in [1.165, 1.54) is 43.5 Å². The molecule has 1 N–H and O–H groups in total. The number of para-hydroxylation sites is 1. The van der Waals surface area contributed by atoms with Crippen LogP contribution in [0.2, 0.25) is 0 Å². The standard InChI is InChI=1S/C18H30N2/c1-15(2)14-19-12-6-7-13-20-16(3)10-11-17-8-4-5-9-18(17)20/h4-5,8-9,15-16,19H,6-7,10-14H2,1-3H3. The zero-order valence-electron chi connectivity index (χ0n) is 13.4. The molecule has 112 valence electrons. The van der Waals surface area contributed by atoms with Crippen LogP contribution in [0.4, 0.5) is 5.69 Å². The van der Waals surface area contributed by atoms with Gasteiger partial charge in [-0.2, -0.15) is 0 Å². The number of hydrogen-bond donors (Lipinski definition) is 1. The van der Waals surface area contributed by atoms with Gasteiger partial charge in [-0.1, -0.05) is 32.0 Å². The molecule has 20 heavy (non-hydrogen) atoms. The Morgan fingerprint density at radius 3 is 2.85 bits per heavy atom. The van der Waals surface area contributed by atoms with Crippen molar-refractivity contribution < 1.29 is 0 Å². The van der Waals surface area contributed by atoms with E-state index in [1.54, 1.807) is 0 Å². The van der Waals surface area contributed by atoms with Gasteiger partial charge in [-0.25, -0.2) is 0 Å². The van der Waals surface area contributed by atoms with Gasteiger partial charge in [0, 0.05) is 18.3 Å². The number of anilines is 1. The minimum Gasteiger partial charge on any atom is -0.369 e. The maximum Gasteiger partial charge on any atom is 0.0401 e. The van der Waals surface area contributed by atoms with Crippen molar-refractivity contribution in [3.8, 4) is 0 Å². The maximum atomic E-state index is 3.53. The van der Waals surface area contributed by atoms with Gasteiger partial charge in [0.15, 0.2) is 0 Å². The molecule has 0 aliphatic carbocycles. The van der Waals surface area contributed by atoms with E-state index in [-0.39, 0.29) is 0 Å². The summed E-state index contributed by atoms with van der Waals surface area (Å²) in [6.07, 6.45) is 5.09. The third-order valence-electron chi connectivity index (χ3n) is 4.22. The van der Waals surface area contributed by atoms with Crippen LogP contribution in [0.5, 0.6) is 0 Å². The summed E-state index contributed by atoms with van der Waals surface area (Å²) in [4.78, 5) is 2.61. The number of unbranched alkanes of at least 4 members (excludes halogenated alkanes) is 1. The lowest BCUT2D eigenvalue weighted by Crippen LogP contribution is -2.38. The van der Waals surface area contributed by atoms with Crippen molar-refractivity contribution in [2.45, 2.75) is 52.5 Å². The van der Waals surface area contributed by atoms with Crippen LogP contribution in [-0.4, -0.2) is 25.7 Å². The molecule has 0 saturated heterocycles. The van der Waals surface area contributed by atoms with Crippen molar-refractivity contribution in [1.82, 2.24) is 5.32 Å². The lowest BCUT2D eigenvalue weighted by molar-refractivity contribution is 0.515. The summed E-state index contributed by atoms with van der Waals surface area (Å²) >= 11 is 0. The largest absolute Gasteiger partial charge is 0.369 e. The molecule has 0 aromatic heterocycles. The molecule has 2 rings (SSSR count). The summed E-state index contributed by atoms with van der Waals surface area (Å²) in [6.45, 7) is 10.4. The van der Waals surface area contributed by atoms with Gasteiger partial charge in [-0.05, 0) is 63.2 Å². The van der Waals surface area contributed by atoms with Crippen molar-refractivity contribution in [1.29, 1.82) is 0 Å². The summed E-state index contributed by atoms with van der Waals surface area (Å²) < 4.78 is 0. The number of nitrogens with one attached hydrogen (secondary N) is 1. The van der Waals surface area contributed by atoms with E-state index in [0.29, 0.717) is 6.04 Å². The second-order valence-electron chi connectivity index (χ2n) is 6.51. The molecule has 0 fully saturated rings. The lowest BCUT2D eigenvalue weighted by atomic mass is 9.96. The van der Waals surface area contributed by atoms with Gasteiger partial charge in [0.2, 0.25) is 0 Å². The van der Waals surface area contributed by atoms with Gasteiger partial charge in [0.1, 0.15) is 0 Å². The Kier molecular flexibility index (Phi) is 5.90. The number of fused-ring (bicyclic) bond motifs is 1. The van der Waals surface area contributed by atoms with E-state index in [4.69, 9.17) is 0 Å². The van der Waals surface area contributed by atoms with Gasteiger partial charge in [0.25, 0.3) is 0 Å². The smallest absolute Gasteiger partial charge is 0.0401 e. The van der Waals surface area contributed by atoms with Crippen molar-refractivity contribution in [3.63, 3.8) is 0 Å². The molecular weight excluding hydrogens is 244 g/mol. The first-order valence-electron chi connectivity index (χ1n) is 8.23. The summed E-state index contributed by atoms with van der Waals surface area (Å²) in [5.74, 6) is 0.754. The summed E-state index contributed by atoms with van der Waals surface area (Å²) in [6, 6.07) is 9.62. The molecule has 0 spiro atoms. The Hall–Kier alpha value is -1.02. The fourth-order valence-corrected chi connectivity index (χ4v) is 3.02. The van der Waals surface area contributed by atoms with E-state index in [9.17, 15) is 0 Å². The Morgan fingerprint density at radius 1 is 1.25 bits per heavy atom. The molecule has 1 atom stereocenters. The maximum absolute atomic E-state index is 3.53. The van der Waals surface area contributed by atoms with Crippen molar-refractivity contribution in [2.24, 2.45) is 5.92 Å². The SMILES string of the molecule is CC(C)CNCCCCN1c2ccccc2CCC1C. The molecule has 0 amide bonds. The second kappa shape index (κ2) is 7.68. The van der Waals surface area contributed by atoms with Crippen LogP contribution in [0.1, 0.15) is 45.6 Å². The molecule has 0 bridgehead atoms. The molecule has 2 nitrogen and oxygen atoms in total. The zero-order chi connectivity index (χ0) is 14.4. The molecule has 1 heterocycles. The highest BCUT2D eigenvalue weighted by atomic mass is 15.2. The predicted octanol–water partition coefficient (Wildman–Crippen LogP) is 3.85. The van der Waals surface area contributed by atoms with Crippen molar-refractivity contribution in [2.75, 3.05) is 24.5 Å². The molecule has 1 aliphatic heterocycles. The quantitative estimate of drug-likeness (QED) is 0.760. The highest BCUT2D eigenvalue weighted by Gasteiger charge is 2.21. The fraction of sp³-hybridized carbons (Fsp3) is 0.667. The van der Waals surface area contributed by atoms with Crippen LogP contribution in [-0.2, 0) is 6.42 Å². The van der Waals surface area contributed by atoms with Crippen molar-refractivity contribution in [3.05, 3.63) is 29.8 Å². The average molecular weight is 274 g/mol. The number of benzene rings is 1. The molecule has 1 unspecified atom stereocenters. The number of rotatable bonds is 7. The van der Waals surface area contributed by atoms with Crippen molar-refractivity contribution >= 4 is 5.69 Å². The van der Waals surface area contributed by atoms with E-state index in [1.807, 2.05) is 0 Å². The third kappa shape index (κ3) is 4.24. The van der Waals surface area contributed by atoms with Crippen LogP contribution in [0.3, 0.4) is 0 Å². The number of nitrogens with zero attached hydrogens (tertiary/aromatic N) is 1. The summed E-state index contributed by atoms with van der Waals surface area (Å²) in [7, 11) is 0. The molecule has 0 saturated carbocycles. The van der Waals surface area contributed by atoms with Crippen LogP contribution >= 0.6 is 0 Å². The minimum absolute atomic E-state index is 0.688. The van der Waals surface area contributed by atoms with Crippen LogP contribution in [0.25, 0.3) is 0 Å². The Balaban J connectivity index is 1.77. The van der Waals surface area contributed by atoms with Gasteiger partial charge >= 0.3 is 0 Å². The molecule has 1 aromatic carbocycles. The Labute approximate surface area is 124 Å². The Bertz CT molecular complexity index is 400. The average Bonchev–Trinajstić information content (AvgIpc) is 2.44. The second-order valence-corrected chi connectivity index (χ2v) is 6.51. The number of aryl methyl sites for hydroxylation is 1. The highest BCUT2D eigenvalue weighted by molar-refractivity contribution is 5.56. The molecule has 0 radical (unpaired) electrons. The van der Waals surface area contributed by atoms with E-state index < -0.39 is 0 Å². The first-order valence-corrected chi connectivity index (χ1v) is 8.23. The number of hydrogen-bond acceptors (Lipinski definition) is 2. The van der Waals surface area contributed by atoms with Gasteiger partial charge in [-0.3, -0.25) is 0 Å². The fourth-order valence-electron chi connectivity index (χ4n) is 3.02. The highest BCUT2D eigenvalue weighted by Crippen LogP contribution is 2.30.